The lowest BCUT2D eigenvalue weighted by atomic mass is 10.1. The maximum Gasteiger partial charge on any atom is 0.0515 e. The third kappa shape index (κ3) is 2.46. The summed E-state index contributed by atoms with van der Waals surface area (Å²) in [5, 5.41) is 1.30. The third-order valence-electron chi connectivity index (χ3n) is 3.59. The summed E-state index contributed by atoms with van der Waals surface area (Å²) < 4.78 is 3.33. The van der Waals surface area contributed by atoms with Crippen molar-refractivity contribution in [3.63, 3.8) is 0 Å². The highest BCUT2D eigenvalue weighted by Gasteiger charge is 2.06. The number of nitrogens with zero attached hydrogens (tertiary/aromatic N) is 1. The van der Waals surface area contributed by atoms with Crippen LogP contribution in [-0.4, -0.2) is 4.57 Å². The number of aryl methyl sites for hydroxylation is 1. The number of anilines is 1. The summed E-state index contributed by atoms with van der Waals surface area (Å²) in [7, 11) is 0. The zero-order valence-electron chi connectivity index (χ0n) is 11.4. The first-order valence-corrected chi connectivity index (χ1v) is 7.58. The van der Waals surface area contributed by atoms with Gasteiger partial charge in [-0.25, -0.2) is 0 Å². The number of fused-ring (bicyclic) bond motifs is 1. The number of nitrogens with two attached hydrogens (primary N) is 1. The second-order valence-electron chi connectivity index (χ2n) is 5.04. The van der Waals surface area contributed by atoms with E-state index in [9.17, 15) is 0 Å². The van der Waals surface area contributed by atoms with Crippen LogP contribution in [-0.2, 0) is 13.0 Å². The molecule has 0 saturated carbocycles. The topological polar surface area (TPSA) is 30.9 Å². The highest BCUT2D eigenvalue weighted by molar-refractivity contribution is 9.10. The third-order valence-corrected chi connectivity index (χ3v) is 4.04. The van der Waals surface area contributed by atoms with Crippen molar-refractivity contribution in [1.82, 2.24) is 4.57 Å². The highest BCUT2D eigenvalue weighted by Crippen LogP contribution is 2.24. The van der Waals surface area contributed by atoms with Crippen LogP contribution >= 0.6 is 15.9 Å². The van der Waals surface area contributed by atoms with E-state index in [4.69, 9.17) is 5.73 Å². The molecule has 0 aliphatic heterocycles. The number of hydrogen-bond acceptors (Lipinski definition) is 1. The maximum absolute atomic E-state index is 5.92. The zero-order valence-corrected chi connectivity index (χ0v) is 13.0. The fourth-order valence-electron chi connectivity index (χ4n) is 2.72. The molecule has 2 nitrogen and oxygen atoms in total. The molecule has 0 bridgehead atoms. The van der Waals surface area contributed by atoms with Crippen molar-refractivity contribution in [2.45, 2.75) is 19.9 Å². The summed E-state index contributed by atoms with van der Waals surface area (Å²) in [4.78, 5) is 0. The molecule has 20 heavy (non-hydrogen) atoms. The Bertz CT molecular complexity index is 739. The van der Waals surface area contributed by atoms with Crippen molar-refractivity contribution in [1.29, 1.82) is 0 Å². The smallest absolute Gasteiger partial charge is 0.0515 e. The van der Waals surface area contributed by atoms with E-state index in [0.717, 1.165) is 23.1 Å². The molecule has 0 aliphatic carbocycles. The molecular weight excluding hydrogens is 312 g/mol. The summed E-state index contributed by atoms with van der Waals surface area (Å²) >= 11 is 3.51. The molecule has 3 heteroatoms. The van der Waals surface area contributed by atoms with Crippen LogP contribution in [0.2, 0.25) is 0 Å². The molecule has 0 aliphatic rings. The minimum absolute atomic E-state index is 0.793. The van der Waals surface area contributed by atoms with Gasteiger partial charge in [0, 0.05) is 22.9 Å². The quantitative estimate of drug-likeness (QED) is 0.700. The van der Waals surface area contributed by atoms with Crippen molar-refractivity contribution in [2.75, 3.05) is 5.73 Å². The molecule has 0 atom stereocenters. The molecule has 3 rings (SSSR count). The molecule has 1 heterocycles. The SMILES string of the molecule is CCc1cccc2ccn(Cc3cc(N)cc(Br)c3)c12. The predicted octanol–water partition coefficient (Wildman–Crippen LogP) is 4.60. The normalized spacial score (nSPS) is 11.1. The van der Waals surface area contributed by atoms with E-state index < -0.39 is 0 Å². The summed E-state index contributed by atoms with van der Waals surface area (Å²) in [5.41, 5.74) is 10.6. The van der Waals surface area contributed by atoms with Gasteiger partial charge in [-0.05, 0) is 47.2 Å². The van der Waals surface area contributed by atoms with Gasteiger partial charge in [-0.2, -0.15) is 0 Å². The van der Waals surface area contributed by atoms with E-state index >= 15 is 0 Å². The number of rotatable bonds is 3. The van der Waals surface area contributed by atoms with Crippen molar-refractivity contribution in [3.05, 3.63) is 64.3 Å². The molecule has 0 fully saturated rings. The molecule has 0 unspecified atom stereocenters. The number of benzene rings is 2. The fraction of sp³-hybridized carbons (Fsp3) is 0.176. The Balaban J connectivity index is 2.06. The summed E-state index contributed by atoms with van der Waals surface area (Å²) in [6.07, 6.45) is 3.20. The van der Waals surface area contributed by atoms with Gasteiger partial charge in [-0.15, -0.1) is 0 Å². The first-order chi connectivity index (χ1) is 9.67. The maximum atomic E-state index is 5.92. The zero-order chi connectivity index (χ0) is 14.1. The molecule has 102 valence electrons. The molecular formula is C17H17BrN2. The van der Waals surface area contributed by atoms with Crippen LogP contribution in [0.5, 0.6) is 0 Å². The van der Waals surface area contributed by atoms with Crippen LogP contribution in [0.4, 0.5) is 5.69 Å². The monoisotopic (exact) mass is 328 g/mol. The van der Waals surface area contributed by atoms with E-state index in [2.05, 4.69) is 63.9 Å². The van der Waals surface area contributed by atoms with Crippen molar-refractivity contribution < 1.29 is 0 Å². The predicted molar refractivity (Wildman–Crippen MR) is 89.0 cm³/mol. The van der Waals surface area contributed by atoms with Gasteiger partial charge in [-0.3, -0.25) is 0 Å². The van der Waals surface area contributed by atoms with Crippen LogP contribution in [0, 0.1) is 0 Å². The molecule has 0 radical (unpaired) electrons. The van der Waals surface area contributed by atoms with Crippen LogP contribution in [0.15, 0.2) is 53.1 Å². The average Bonchev–Trinajstić information content (AvgIpc) is 2.81. The first-order valence-electron chi connectivity index (χ1n) is 6.79. The van der Waals surface area contributed by atoms with Gasteiger partial charge in [0.2, 0.25) is 0 Å². The lowest BCUT2D eigenvalue weighted by Crippen LogP contribution is -2.01. The number of hydrogen-bond donors (Lipinski definition) is 1. The number of halogens is 1. The van der Waals surface area contributed by atoms with Gasteiger partial charge in [0.1, 0.15) is 0 Å². The van der Waals surface area contributed by atoms with Crippen molar-refractivity contribution in [3.8, 4) is 0 Å². The standard InChI is InChI=1S/C17H17BrN2/c1-2-13-4-3-5-14-6-7-20(17(13)14)11-12-8-15(18)10-16(19)9-12/h3-10H,2,11,19H2,1H3. The minimum Gasteiger partial charge on any atom is -0.399 e. The molecule has 0 saturated heterocycles. The number of nitrogen functional groups attached to an aromatic ring is 1. The first kappa shape index (κ1) is 13.3. The van der Waals surface area contributed by atoms with Gasteiger partial charge < -0.3 is 10.3 Å². The number of para-hydroxylation sites is 1. The van der Waals surface area contributed by atoms with Gasteiger partial charge in [0.25, 0.3) is 0 Å². The summed E-state index contributed by atoms with van der Waals surface area (Å²) in [6, 6.07) is 14.8. The Hall–Kier alpha value is -1.74. The Morgan fingerprint density at radius 3 is 2.75 bits per heavy atom. The Kier molecular flexibility index (Phi) is 3.53. The molecule has 2 aromatic carbocycles. The molecule has 3 aromatic rings. The van der Waals surface area contributed by atoms with Crippen LogP contribution in [0.1, 0.15) is 18.1 Å². The van der Waals surface area contributed by atoms with Crippen LogP contribution < -0.4 is 5.73 Å². The second kappa shape index (κ2) is 5.33. The van der Waals surface area contributed by atoms with Crippen LogP contribution in [0.3, 0.4) is 0 Å². The van der Waals surface area contributed by atoms with E-state index in [1.54, 1.807) is 0 Å². The van der Waals surface area contributed by atoms with E-state index in [1.165, 1.54) is 22.0 Å². The van der Waals surface area contributed by atoms with E-state index in [0.29, 0.717) is 0 Å². The fourth-order valence-corrected chi connectivity index (χ4v) is 3.28. The Labute approximate surface area is 127 Å². The molecule has 1 aromatic heterocycles. The molecule has 0 amide bonds. The summed E-state index contributed by atoms with van der Waals surface area (Å²) in [5.74, 6) is 0. The van der Waals surface area contributed by atoms with Gasteiger partial charge in [-0.1, -0.05) is 41.1 Å². The second-order valence-corrected chi connectivity index (χ2v) is 5.96. The number of aromatic nitrogens is 1. The Morgan fingerprint density at radius 2 is 2.00 bits per heavy atom. The minimum atomic E-state index is 0.793. The average molecular weight is 329 g/mol. The molecule has 0 spiro atoms. The van der Waals surface area contributed by atoms with E-state index in [-0.39, 0.29) is 0 Å². The van der Waals surface area contributed by atoms with Gasteiger partial charge in [0.05, 0.1) is 5.52 Å². The van der Waals surface area contributed by atoms with Crippen molar-refractivity contribution >= 4 is 32.5 Å². The largest absolute Gasteiger partial charge is 0.399 e. The lowest BCUT2D eigenvalue weighted by molar-refractivity contribution is 0.831. The van der Waals surface area contributed by atoms with E-state index in [1.807, 2.05) is 12.1 Å². The molecule has 2 N–H and O–H groups in total. The highest BCUT2D eigenvalue weighted by atomic mass is 79.9. The van der Waals surface area contributed by atoms with Crippen LogP contribution in [0.25, 0.3) is 10.9 Å². The van der Waals surface area contributed by atoms with Gasteiger partial charge in [0.15, 0.2) is 0 Å². The summed E-state index contributed by atoms with van der Waals surface area (Å²) in [6.45, 7) is 3.04. The van der Waals surface area contributed by atoms with Gasteiger partial charge >= 0.3 is 0 Å². The van der Waals surface area contributed by atoms with Crippen molar-refractivity contribution in [2.24, 2.45) is 0 Å². The Morgan fingerprint density at radius 1 is 1.15 bits per heavy atom. The lowest BCUT2D eigenvalue weighted by Gasteiger charge is -2.10.